The van der Waals surface area contributed by atoms with E-state index in [1.807, 2.05) is 6.07 Å². The monoisotopic (exact) mass is 410 g/mol. The Morgan fingerprint density at radius 2 is 1.93 bits per heavy atom. The van der Waals surface area contributed by atoms with Crippen molar-refractivity contribution in [3.8, 4) is 0 Å². The largest absolute Gasteiger partial charge is 0.329 e. The number of hydrogen-bond donors (Lipinski definition) is 1. The van der Waals surface area contributed by atoms with Gasteiger partial charge in [-0.1, -0.05) is 18.2 Å². The Labute approximate surface area is 173 Å². The number of fused-ring (bicyclic) bond motifs is 1. The standard InChI is InChI=1S/C22H23FN4O3/c23-16-5-3-14(4-6-16)10-17(24)22(30)26-9-7-18-21(26)19(28)13-27(18)20(29)11-15-2-1-8-25-12-15/h1-6,8,12,17-18,21H,7,9-11,13,24H2. The summed E-state index contributed by atoms with van der Waals surface area (Å²) in [4.78, 5) is 45.5. The van der Waals surface area contributed by atoms with Gasteiger partial charge in [-0.05, 0) is 42.2 Å². The third-order valence-electron chi connectivity index (χ3n) is 5.79. The van der Waals surface area contributed by atoms with Crippen LogP contribution in [0.3, 0.4) is 0 Å². The molecule has 30 heavy (non-hydrogen) atoms. The van der Waals surface area contributed by atoms with Gasteiger partial charge in [0.25, 0.3) is 0 Å². The number of benzene rings is 1. The molecule has 2 saturated heterocycles. The molecule has 3 heterocycles. The van der Waals surface area contributed by atoms with Gasteiger partial charge in [0.15, 0.2) is 5.78 Å². The average molecular weight is 410 g/mol. The van der Waals surface area contributed by atoms with Gasteiger partial charge >= 0.3 is 0 Å². The average Bonchev–Trinajstić information content (AvgIpc) is 3.31. The lowest BCUT2D eigenvalue weighted by Crippen LogP contribution is -2.50. The first kappa shape index (κ1) is 20.2. The SMILES string of the molecule is NC(Cc1ccc(F)cc1)C(=O)N1CCC2C1C(=O)CN2C(=O)Cc1cccnc1. The zero-order chi connectivity index (χ0) is 21.3. The van der Waals surface area contributed by atoms with Crippen LogP contribution < -0.4 is 5.73 Å². The highest BCUT2D eigenvalue weighted by Gasteiger charge is 2.51. The molecule has 3 unspecified atom stereocenters. The number of nitrogens with two attached hydrogens (primary N) is 1. The number of carbonyl (C=O) groups excluding carboxylic acids is 3. The van der Waals surface area contributed by atoms with Crippen LogP contribution in [-0.4, -0.2) is 63.6 Å². The van der Waals surface area contributed by atoms with Crippen LogP contribution in [0.25, 0.3) is 0 Å². The summed E-state index contributed by atoms with van der Waals surface area (Å²) in [5, 5.41) is 0. The van der Waals surface area contributed by atoms with Crippen LogP contribution in [0.1, 0.15) is 17.5 Å². The van der Waals surface area contributed by atoms with Crippen LogP contribution >= 0.6 is 0 Å². The molecule has 0 radical (unpaired) electrons. The van der Waals surface area contributed by atoms with Crippen LogP contribution in [0.15, 0.2) is 48.8 Å². The van der Waals surface area contributed by atoms with Crippen molar-refractivity contribution >= 4 is 17.6 Å². The van der Waals surface area contributed by atoms with Crippen molar-refractivity contribution in [2.45, 2.75) is 37.4 Å². The van der Waals surface area contributed by atoms with Crippen molar-refractivity contribution in [2.75, 3.05) is 13.1 Å². The van der Waals surface area contributed by atoms with Gasteiger partial charge in [-0.25, -0.2) is 4.39 Å². The molecule has 4 rings (SSSR count). The van der Waals surface area contributed by atoms with Gasteiger partial charge < -0.3 is 15.5 Å². The van der Waals surface area contributed by atoms with Crippen molar-refractivity contribution in [2.24, 2.45) is 5.73 Å². The molecular formula is C22H23FN4O3. The topological polar surface area (TPSA) is 96.6 Å². The second-order valence-electron chi connectivity index (χ2n) is 7.80. The molecule has 8 heteroatoms. The van der Waals surface area contributed by atoms with E-state index in [-0.39, 0.29) is 48.8 Å². The Kier molecular flexibility index (Phi) is 5.59. The van der Waals surface area contributed by atoms with Crippen molar-refractivity contribution in [1.82, 2.24) is 14.8 Å². The predicted molar refractivity (Wildman–Crippen MR) is 107 cm³/mol. The van der Waals surface area contributed by atoms with Crippen LogP contribution in [-0.2, 0) is 27.2 Å². The molecule has 2 fully saturated rings. The van der Waals surface area contributed by atoms with Gasteiger partial charge in [-0.3, -0.25) is 19.4 Å². The van der Waals surface area contributed by atoms with Crippen molar-refractivity contribution in [3.05, 3.63) is 65.7 Å². The van der Waals surface area contributed by atoms with E-state index < -0.39 is 12.1 Å². The first-order valence-corrected chi connectivity index (χ1v) is 9.95. The van der Waals surface area contributed by atoms with E-state index in [4.69, 9.17) is 5.73 Å². The highest BCUT2D eigenvalue weighted by Crippen LogP contribution is 2.30. The number of rotatable bonds is 5. The number of aromatic nitrogens is 1. The second kappa shape index (κ2) is 8.31. The van der Waals surface area contributed by atoms with E-state index in [0.29, 0.717) is 13.0 Å². The number of pyridine rings is 1. The fourth-order valence-corrected chi connectivity index (χ4v) is 4.34. The Hall–Kier alpha value is -3.13. The fourth-order valence-electron chi connectivity index (χ4n) is 4.34. The van der Waals surface area contributed by atoms with Gasteiger partial charge in [0.2, 0.25) is 11.8 Å². The third kappa shape index (κ3) is 3.95. The lowest BCUT2D eigenvalue weighted by Gasteiger charge is -2.26. The number of hydrogen-bond acceptors (Lipinski definition) is 5. The molecule has 0 saturated carbocycles. The molecule has 156 valence electrons. The Balaban J connectivity index is 1.42. The van der Waals surface area contributed by atoms with Crippen molar-refractivity contribution < 1.29 is 18.8 Å². The van der Waals surface area contributed by atoms with E-state index in [1.165, 1.54) is 17.0 Å². The van der Waals surface area contributed by atoms with E-state index in [9.17, 15) is 18.8 Å². The smallest absolute Gasteiger partial charge is 0.240 e. The Morgan fingerprint density at radius 1 is 1.17 bits per heavy atom. The molecule has 1 aromatic carbocycles. The van der Waals surface area contributed by atoms with Gasteiger partial charge in [0, 0.05) is 18.9 Å². The zero-order valence-corrected chi connectivity index (χ0v) is 16.4. The molecule has 2 aromatic rings. The molecule has 1 aromatic heterocycles. The van der Waals surface area contributed by atoms with Crippen LogP contribution in [0.2, 0.25) is 0 Å². The predicted octanol–water partition coefficient (Wildman–Crippen LogP) is 0.714. The Bertz CT molecular complexity index is 951. The molecule has 0 bridgehead atoms. The number of halogens is 1. The van der Waals surface area contributed by atoms with Gasteiger partial charge in [-0.2, -0.15) is 0 Å². The number of likely N-dealkylation sites (tertiary alicyclic amines) is 2. The molecule has 3 atom stereocenters. The number of carbonyl (C=O) groups is 3. The number of nitrogens with zero attached hydrogens (tertiary/aromatic N) is 3. The summed E-state index contributed by atoms with van der Waals surface area (Å²) < 4.78 is 13.1. The van der Waals surface area contributed by atoms with Gasteiger partial charge in [-0.15, -0.1) is 0 Å². The second-order valence-corrected chi connectivity index (χ2v) is 7.80. The summed E-state index contributed by atoms with van der Waals surface area (Å²) in [6.45, 7) is 0.388. The van der Waals surface area contributed by atoms with E-state index in [2.05, 4.69) is 4.98 Å². The van der Waals surface area contributed by atoms with Gasteiger partial charge in [0.1, 0.15) is 11.9 Å². The molecule has 0 aliphatic carbocycles. The highest BCUT2D eigenvalue weighted by atomic mass is 19.1. The van der Waals surface area contributed by atoms with E-state index in [1.54, 1.807) is 35.5 Å². The summed E-state index contributed by atoms with van der Waals surface area (Å²) in [5.74, 6) is -0.955. The number of ketones is 1. The summed E-state index contributed by atoms with van der Waals surface area (Å²) in [5.41, 5.74) is 7.64. The number of Topliss-reactive ketones (excluding diaryl/α,β-unsaturated/α-hetero) is 1. The van der Waals surface area contributed by atoms with Crippen molar-refractivity contribution in [1.29, 1.82) is 0 Å². The summed E-state index contributed by atoms with van der Waals surface area (Å²) in [6, 6.07) is 7.62. The lowest BCUT2D eigenvalue weighted by molar-refractivity contribution is -0.137. The molecule has 2 aliphatic heterocycles. The minimum atomic E-state index is -0.831. The van der Waals surface area contributed by atoms with Crippen LogP contribution in [0.4, 0.5) is 4.39 Å². The molecule has 2 N–H and O–H groups in total. The fraction of sp³-hybridized carbons (Fsp3) is 0.364. The Morgan fingerprint density at radius 3 is 2.63 bits per heavy atom. The molecule has 7 nitrogen and oxygen atoms in total. The summed E-state index contributed by atoms with van der Waals surface area (Å²) in [6.07, 6.45) is 4.24. The molecular weight excluding hydrogens is 387 g/mol. The van der Waals surface area contributed by atoms with Gasteiger partial charge in [0.05, 0.1) is 25.0 Å². The first-order valence-electron chi connectivity index (χ1n) is 9.95. The summed E-state index contributed by atoms with van der Waals surface area (Å²) in [7, 11) is 0. The van der Waals surface area contributed by atoms with Crippen molar-refractivity contribution in [3.63, 3.8) is 0 Å². The minimum absolute atomic E-state index is 0.00537. The quantitative estimate of drug-likeness (QED) is 0.783. The molecule has 2 amide bonds. The third-order valence-corrected chi connectivity index (χ3v) is 5.79. The lowest BCUT2D eigenvalue weighted by atomic mass is 10.0. The first-order chi connectivity index (χ1) is 14.4. The highest BCUT2D eigenvalue weighted by molar-refractivity contribution is 5.98. The normalized spacial score (nSPS) is 21.6. The van der Waals surface area contributed by atoms with Crippen LogP contribution in [0.5, 0.6) is 0 Å². The van der Waals surface area contributed by atoms with E-state index in [0.717, 1.165) is 11.1 Å². The molecule has 2 aliphatic rings. The zero-order valence-electron chi connectivity index (χ0n) is 16.4. The maximum atomic E-state index is 13.1. The molecule has 0 spiro atoms. The van der Waals surface area contributed by atoms with E-state index >= 15 is 0 Å². The maximum Gasteiger partial charge on any atom is 0.240 e. The maximum absolute atomic E-state index is 13.1. The number of amides is 2. The summed E-state index contributed by atoms with van der Waals surface area (Å²) >= 11 is 0. The van der Waals surface area contributed by atoms with Crippen LogP contribution in [0, 0.1) is 5.82 Å². The minimum Gasteiger partial charge on any atom is -0.329 e.